The van der Waals surface area contributed by atoms with E-state index in [9.17, 15) is 0 Å². The molecule has 0 aliphatic heterocycles. The summed E-state index contributed by atoms with van der Waals surface area (Å²) in [6.45, 7) is 0. The van der Waals surface area contributed by atoms with E-state index in [-0.39, 0.29) is 0 Å². The lowest BCUT2D eigenvalue weighted by Gasteiger charge is -2.35. The normalized spacial score (nSPS) is 11.6. The van der Waals surface area contributed by atoms with Crippen molar-refractivity contribution in [1.82, 2.24) is 19.9 Å². The molecule has 7 aromatic carbocycles. The Bertz CT molecular complexity index is 2470. The Labute approximate surface area is 291 Å². The fourth-order valence-electron chi connectivity index (χ4n) is 7.34. The molecule has 2 aromatic heterocycles. The smallest absolute Gasteiger partial charge is 0.181 e. The topological polar surface area (TPSA) is 54.5 Å². The molecule has 0 fully saturated rings. The highest BCUT2D eigenvalue weighted by molar-refractivity contribution is 7.20. The van der Waals surface area contributed by atoms with E-state index in [1.165, 1.54) is 37.0 Å². The minimum absolute atomic E-state index is 0.647. The van der Waals surface area contributed by atoms with Crippen LogP contribution in [0.1, 0.15) is 0 Å². The molecule has 2 heterocycles. The summed E-state index contributed by atoms with van der Waals surface area (Å²) in [6, 6.07) is 66.7. The van der Waals surface area contributed by atoms with Crippen molar-refractivity contribution in [3.05, 3.63) is 188 Å². The Morgan fingerprint density at radius 1 is 0.340 bits per heavy atom. The number of para-hydroxylation sites is 2. The summed E-state index contributed by atoms with van der Waals surface area (Å²) in [6.07, 6.45) is 0. The molecule has 236 valence electrons. The first kappa shape index (κ1) is 29.7. The van der Waals surface area contributed by atoms with Gasteiger partial charge in [-0.25, -0.2) is 15.0 Å². The molecule has 9 aromatic rings. The van der Waals surface area contributed by atoms with Crippen molar-refractivity contribution < 1.29 is 0 Å². The maximum absolute atomic E-state index is 5.02. The van der Waals surface area contributed by atoms with Crippen LogP contribution in [-0.4, -0.2) is 28.0 Å². The van der Waals surface area contributed by atoms with Crippen molar-refractivity contribution in [3.8, 4) is 34.2 Å². The Kier molecular flexibility index (Phi) is 7.45. The molecule has 9 rings (SSSR count). The lowest BCUT2D eigenvalue weighted by atomic mass is 10.1. The number of fused-ring (bicyclic) bond motifs is 3. The lowest BCUT2D eigenvalue weighted by molar-refractivity contribution is 1.07. The minimum atomic E-state index is -2.86. The zero-order chi connectivity index (χ0) is 33.3. The van der Waals surface area contributed by atoms with Crippen LogP contribution in [0.2, 0.25) is 0 Å². The van der Waals surface area contributed by atoms with E-state index in [0.717, 1.165) is 22.2 Å². The van der Waals surface area contributed by atoms with Gasteiger partial charge in [-0.2, -0.15) is 0 Å². The number of H-pyrrole nitrogens is 1. The van der Waals surface area contributed by atoms with Gasteiger partial charge < -0.3 is 4.98 Å². The van der Waals surface area contributed by atoms with Gasteiger partial charge in [-0.1, -0.05) is 182 Å². The number of aromatic amines is 1. The van der Waals surface area contributed by atoms with E-state index < -0.39 is 8.07 Å². The number of nitrogens with zero attached hydrogens (tertiary/aromatic N) is 3. The van der Waals surface area contributed by atoms with Crippen molar-refractivity contribution in [3.63, 3.8) is 0 Å². The molecule has 0 aliphatic carbocycles. The van der Waals surface area contributed by atoms with Crippen molar-refractivity contribution in [2.24, 2.45) is 0 Å². The first-order valence-corrected chi connectivity index (χ1v) is 18.9. The zero-order valence-corrected chi connectivity index (χ0v) is 28.2. The molecule has 0 amide bonds. The number of hydrogen-bond acceptors (Lipinski definition) is 3. The molecule has 1 N–H and O–H groups in total. The van der Waals surface area contributed by atoms with Gasteiger partial charge in [0.05, 0.1) is 0 Å². The van der Waals surface area contributed by atoms with Gasteiger partial charge in [-0.05, 0) is 26.8 Å². The van der Waals surface area contributed by atoms with Gasteiger partial charge in [0.1, 0.15) is 0 Å². The van der Waals surface area contributed by atoms with Crippen molar-refractivity contribution in [1.29, 1.82) is 0 Å². The van der Waals surface area contributed by atoms with E-state index in [1.807, 2.05) is 60.7 Å². The van der Waals surface area contributed by atoms with Gasteiger partial charge in [-0.3, -0.25) is 0 Å². The van der Waals surface area contributed by atoms with Crippen LogP contribution >= 0.6 is 0 Å². The summed E-state index contributed by atoms with van der Waals surface area (Å²) < 4.78 is 0. The van der Waals surface area contributed by atoms with Gasteiger partial charge in [0.2, 0.25) is 0 Å². The second kappa shape index (κ2) is 12.5. The largest absolute Gasteiger partial charge is 0.355 e. The van der Waals surface area contributed by atoms with Crippen LogP contribution in [-0.2, 0) is 0 Å². The standard InChI is InChI=1S/C45H32N4Si/c1-5-16-32(17-6-1)43-47-44(33-18-7-2-8-19-33)49-45(48-43)34-28-30-37(31-29-34)50(35-20-9-3-10-21-35,36-22-11-4-12-23-36)41-27-15-25-39-38-24-13-14-26-40(38)46-42(39)41/h1-31,46H. The molecule has 0 unspecified atom stereocenters. The Balaban J connectivity index is 1.28. The van der Waals surface area contributed by atoms with Crippen molar-refractivity contribution in [2.75, 3.05) is 0 Å². The SMILES string of the molecule is c1ccc(-c2nc(-c3ccccc3)nc(-c3ccc([Si](c4ccccc4)(c4ccccc4)c4cccc5c4[nH]c4ccccc45)cc3)n2)cc1. The molecular formula is C45H32N4Si. The Morgan fingerprint density at radius 3 is 1.30 bits per heavy atom. The predicted molar refractivity (Wildman–Crippen MR) is 209 cm³/mol. The van der Waals surface area contributed by atoms with Crippen LogP contribution < -0.4 is 20.7 Å². The van der Waals surface area contributed by atoms with Crippen LogP contribution in [0.15, 0.2) is 188 Å². The molecule has 0 radical (unpaired) electrons. The van der Waals surface area contributed by atoms with Gasteiger partial charge >= 0.3 is 0 Å². The molecule has 5 heteroatoms. The van der Waals surface area contributed by atoms with Gasteiger partial charge in [0.25, 0.3) is 0 Å². The fraction of sp³-hybridized carbons (Fsp3) is 0. The summed E-state index contributed by atoms with van der Waals surface area (Å²) in [5, 5.41) is 7.73. The molecule has 0 saturated heterocycles. The van der Waals surface area contributed by atoms with E-state index in [4.69, 9.17) is 15.0 Å². The van der Waals surface area contributed by atoms with E-state index in [2.05, 4.69) is 132 Å². The first-order valence-electron chi connectivity index (χ1n) is 16.9. The van der Waals surface area contributed by atoms with Crippen LogP contribution in [0.25, 0.3) is 56.0 Å². The maximum atomic E-state index is 5.02. The molecule has 50 heavy (non-hydrogen) atoms. The lowest BCUT2D eigenvalue weighted by Crippen LogP contribution is -2.74. The number of hydrogen-bond donors (Lipinski definition) is 1. The summed E-state index contributed by atoms with van der Waals surface area (Å²) in [5.41, 5.74) is 5.19. The average molecular weight is 657 g/mol. The zero-order valence-electron chi connectivity index (χ0n) is 27.2. The first-order chi connectivity index (χ1) is 24.8. The predicted octanol–water partition coefficient (Wildman–Crippen LogP) is 7.88. The van der Waals surface area contributed by atoms with E-state index >= 15 is 0 Å². The number of nitrogens with one attached hydrogen (secondary N) is 1. The highest BCUT2D eigenvalue weighted by Gasteiger charge is 2.43. The van der Waals surface area contributed by atoms with Crippen molar-refractivity contribution in [2.45, 2.75) is 0 Å². The number of aromatic nitrogens is 4. The van der Waals surface area contributed by atoms with E-state index in [0.29, 0.717) is 17.5 Å². The monoisotopic (exact) mass is 656 g/mol. The van der Waals surface area contributed by atoms with Gasteiger partial charge in [-0.15, -0.1) is 0 Å². The quantitative estimate of drug-likeness (QED) is 0.140. The Hall–Kier alpha value is -6.43. The molecule has 0 aliphatic rings. The average Bonchev–Trinajstić information content (AvgIpc) is 3.59. The summed E-state index contributed by atoms with van der Waals surface area (Å²) in [7, 11) is -2.86. The van der Waals surface area contributed by atoms with Crippen LogP contribution in [0, 0.1) is 0 Å². The second-order valence-corrected chi connectivity index (χ2v) is 16.3. The molecule has 0 saturated carbocycles. The van der Waals surface area contributed by atoms with Crippen LogP contribution in [0.4, 0.5) is 0 Å². The summed E-state index contributed by atoms with van der Waals surface area (Å²) in [5.74, 6) is 1.95. The maximum Gasteiger partial charge on any atom is 0.181 e. The highest BCUT2D eigenvalue weighted by atomic mass is 28.3. The number of benzene rings is 7. The third-order valence-electron chi connectivity index (χ3n) is 9.63. The highest BCUT2D eigenvalue weighted by Crippen LogP contribution is 2.27. The van der Waals surface area contributed by atoms with Gasteiger partial charge in [0.15, 0.2) is 25.5 Å². The Morgan fingerprint density at radius 2 is 0.760 bits per heavy atom. The molecule has 0 bridgehead atoms. The summed E-state index contributed by atoms with van der Waals surface area (Å²) in [4.78, 5) is 18.8. The second-order valence-electron chi connectivity index (χ2n) is 12.5. The molecular weight excluding hydrogens is 625 g/mol. The number of rotatable bonds is 7. The third-order valence-corrected chi connectivity index (χ3v) is 14.5. The molecule has 4 nitrogen and oxygen atoms in total. The van der Waals surface area contributed by atoms with Crippen LogP contribution in [0.5, 0.6) is 0 Å². The van der Waals surface area contributed by atoms with Crippen molar-refractivity contribution >= 4 is 50.6 Å². The third kappa shape index (κ3) is 5.03. The summed E-state index contributed by atoms with van der Waals surface area (Å²) >= 11 is 0. The van der Waals surface area contributed by atoms with E-state index in [1.54, 1.807) is 0 Å². The van der Waals surface area contributed by atoms with Crippen LogP contribution in [0.3, 0.4) is 0 Å². The minimum Gasteiger partial charge on any atom is -0.355 e. The molecule has 0 spiro atoms. The molecule has 0 atom stereocenters. The van der Waals surface area contributed by atoms with Gasteiger partial charge in [0, 0.05) is 38.5 Å². The fourth-order valence-corrected chi connectivity index (χ4v) is 12.2.